The monoisotopic (exact) mass is 225 g/mol. The van der Waals surface area contributed by atoms with Crippen molar-refractivity contribution in [2.24, 2.45) is 0 Å². The molecule has 0 atom stereocenters. The van der Waals surface area contributed by atoms with Crippen molar-refractivity contribution < 1.29 is 13.2 Å². The Morgan fingerprint density at radius 2 is 1.56 bits per heavy atom. The summed E-state index contributed by atoms with van der Waals surface area (Å²) in [6.07, 6.45) is 0. The molecule has 0 saturated carbocycles. The zero-order chi connectivity index (χ0) is 11.7. The summed E-state index contributed by atoms with van der Waals surface area (Å²) >= 11 is 0. The number of hydrogen-bond donors (Lipinski definition) is 1. The highest BCUT2D eigenvalue weighted by Gasteiger charge is 2.12. The van der Waals surface area contributed by atoms with E-state index < -0.39 is 17.5 Å². The highest BCUT2D eigenvalue weighted by molar-refractivity contribution is 5.60. The molecule has 0 bridgehead atoms. The summed E-state index contributed by atoms with van der Waals surface area (Å²) in [5.74, 6) is -3.13. The Morgan fingerprint density at radius 1 is 0.875 bits per heavy atom. The number of halogens is 3. The zero-order valence-corrected chi connectivity index (χ0v) is 7.92. The van der Waals surface area contributed by atoms with Crippen molar-refractivity contribution in [1.29, 1.82) is 0 Å². The second-order valence-corrected chi connectivity index (χ2v) is 3.09. The Balaban J connectivity index is 2.56. The molecule has 0 spiro atoms. The Morgan fingerprint density at radius 3 is 2.19 bits per heavy atom. The molecule has 2 aromatic rings. The Bertz CT molecular complexity index is 526. The molecule has 0 saturated heterocycles. The molecule has 0 fully saturated rings. The molecule has 3 nitrogen and oxygen atoms in total. The average Bonchev–Trinajstić information content (AvgIpc) is 2.25. The number of benzene rings is 1. The van der Waals surface area contributed by atoms with Gasteiger partial charge in [-0.3, -0.25) is 0 Å². The van der Waals surface area contributed by atoms with Crippen LogP contribution >= 0.6 is 0 Å². The topological polar surface area (TPSA) is 51.8 Å². The largest absolute Gasteiger partial charge is 0.382 e. The van der Waals surface area contributed by atoms with E-state index in [-0.39, 0.29) is 17.1 Å². The van der Waals surface area contributed by atoms with Gasteiger partial charge >= 0.3 is 0 Å². The van der Waals surface area contributed by atoms with Gasteiger partial charge in [0.1, 0.15) is 11.6 Å². The number of anilines is 1. The van der Waals surface area contributed by atoms with Gasteiger partial charge in [-0.2, -0.15) is 0 Å². The maximum Gasteiger partial charge on any atom is 0.161 e. The van der Waals surface area contributed by atoms with Crippen molar-refractivity contribution in [2.45, 2.75) is 0 Å². The summed E-state index contributed by atoms with van der Waals surface area (Å²) in [5.41, 5.74) is 5.22. The first-order chi connectivity index (χ1) is 7.58. The molecule has 1 heterocycles. The lowest BCUT2D eigenvalue weighted by molar-refractivity contribution is 0.496. The molecule has 0 aliphatic carbocycles. The molecule has 1 aromatic heterocycles. The first-order valence-electron chi connectivity index (χ1n) is 4.32. The maximum absolute atomic E-state index is 13.3. The average molecular weight is 225 g/mol. The standard InChI is InChI=1S/C10H6F3N3/c11-6-4-8(13)7(12)3-5(6)9-1-2-10(14)16-15-9/h1-4H,(H2,14,16). The van der Waals surface area contributed by atoms with Crippen molar-refractivity contribution in [3.05, 3.63) is 41.7 Å². The second-order valence-electron chi connectivity index (χ2n) is 3.09. The van der Waals surface area contributed by atoms with E-state index in [1.807, 2.05) is 0 Å². The van der Waals surface area contributed by atoms with Gasteiger partial charge in [-0.15, -0.1) is 10.2 Å². The fourth-order valence-corrected chi connectivity index (χ4v) is 1.21. The van der Waals surface area contributed by atoms with Crippen LogP contribution < -0.4 is 5.73 Å². The minimum absolute atomic E-state index is 0.0885. The molecular weight excluding hydrogens is 219 g/mol. The van der Waals surface area contributed by atoms with Crippen LogP contribution in [0.3, 0.4) is 0 Å². The molecule has 82 valence electrons. The summed E-state index contributed by atoms with van der Waals surface area (Å²) in [7, 11) is 0. The van der Waals surface area contributed by atoms with Gasteiger partial charge in [-0.05, 0) is 18.2 Å². The van der Waals surface area contributed by atoms with Gasteiger partial charge < -0.3 is 5.73 Å². The molecule has 6 heteroatoms. The van der Waals surface area contributed by atoms with Gasteiger partial charge in [0.25, 0.3) is 0 Å². The molecule has 16 heavy (non-hydrogen) atoms. The number of aromatic nitrogens is 2. The van der Waals surface area contributed by atoms with Crippen molar-refractivity contribution in [1.82, 2.24) is 10.2 Å². The summed E-state index contributed by atoms with van der Waals surface area (Å²) in [4.78, 5) is 0. The van der Waals surface area contributed by atoms with Gasteiger partial charge in [0.05, 0.1) is 5.69 Å². The quantitative estimate of drug-likeness (QED) is 0.756. The van der Waals surface area contributed by atoms with Crippen LogP contribution in [0.25, 0.3) is 11.3 Å². The van der Waals surface area contributed by atoms with Crippen molar-refractivity contribution >= 4 is 5.82 Å². The van der Waals surface area contributed by atoms with E-state index >= 15 is 0 Å². The lowest BCUT2D eigenvalue weighted by Gasteiger charge is -2.02. The maximum atomic E-state index is 13.3. The normalized spacial score (nSPS) is 10.4. The SMILES string of the molecule is Nc1ccc(-c2cc(F)c(F)cc2F)nn1. The molecule has 1 aromatic carbocycles. The number of nitrogens with zero attached hydrogens (tertiary/aromatic N) is 2. The fourth-order valence-electron chi connectivity index (χ4n) is 1.21. The molecule has 0 aliphatic rings. The van der Waals surface area contributed by atoms with Crippen LogP contribution in [0.15, 0.2) is 24.3 Å². The van der Waals surface area contributed by atoms with E-state index in [9.17, 15) is 13.2 Å². The summed E-state index contributed by atoms with van der Waals surface area (Å²) < 4.78 is 38.9. The number of hydrogen-bond acceptors (Lipinski definition) is 3. The smallest absolute Gasteiger partial charge is 0.161 e. The zero-order valence-electron chi connectivity index (χ0n) is 7.92. The molecular formula is C10H6F3N3. The fraction of sp³-hybridized carbons (Fsp3) is 0. The Labute approximate surface area is 88.7 Å². The molecule has 0 amide bonds. The molecule has 2 rings (SSSR count). The van der Waals surface area contributed by atoms with Crippen LogP contribution in [-0.2, 0) is 0 Å². The van der Waals surface area contributed by atoms with E-state index in [0.29, 0.717) is 6.07 Å². The predicted octanol–water partition coefficient (Wildman–Crippen LogP) is 2.14. The van der Waals surface area contributed by atoms with Crippen molar-refractivity contribution in [2.75, 3.05) is 5.73 Å². The minimum Gasteiger partial charge on any atom is -0.382 e. The predicted molar refractivity (Wildman–Crippen MR) is 51.8 cm³/mol. The van der Waals surface area contributed by atoms with Gasteiger partial charge in [-0.1, -0.05) is 0 Å². The van der Waals surface area contributed by atoms with E-state index in [1.165, 1.54) is 12.1 Å². The van der Waals surface area contributed by atoms with Crippen LogP contribution in [-0.4, -0.2) is 10.2 Å². The number of nitrogen functional groups attached to an aromatic ring is 1. The van der Waals surface area contributed by atoms with Crippen LogP contribution in [0.1, 0.15) is 0 Å². The number of nitrogens with two attached hydrogens (primary N) is 1. The third kappa shape index (κ3) is 1.81. The van der Waals surface area contributed by atoms with E-state index in [2.05, 4.69) is 10.2 Å². The Hall–Kier alpha value is -2.11. The van der Waals surface area contributed by atoms with Crippen LogP contribution in [0.4, 0.5) is 19.0 Å². The lowest BCUT2D eigenvalue weighted by atomic mass is 10.1. The molecule has 0 aliphatic heterocycles. The van der Waals surface area contributed by atoms with E-state index in [1.54, 1.807) is 0 Å². The van der Waals surface area contributed by atoms with Gasteiger partial charge in [-0.25, -0.2) is 13.2 Å². The molecule has 2 N–H and O–H groups in total. The minimum atomic E-state index is -1.25. The van der Waals surface area contributed by atoms with Gasteiger partial charge in [0, 0.05) is 11.6 Å². The highest BCUT2D eigenvalue weighted by atomic mass is 19.2. The van der Waals surface area contributed by atoms with E-state index in [4.69, 9.17) is 5.73 Å². The first-order valence-corrected chi connectivity index (χ1v) is 4.32. The second kappa shape index (κ2) is 3.80. The van der Waals surface area contributed by atoms with E-state index in [0.717, 1.165) is 6.07 Å². The summed E-state index contributed by atoms with van der Waals surface area (Å²) in [6.45, 7) is 0. The van der Waals surface area contributed by atoms with Crippen molar-refractivity contribution in [3.8, 4) is 11.3 Å². The molecule has 0 radical (unpaired) electrons. The Kier molecular flexibility index (Phi) is 2.47. The summed E-state index contributed by atoms with van der Waals surface area (Å²) in [5, 5.41) is 7.07. The summed E-state index contributed by atoms with van der Waals surface area (Å²) in [6, 6.07) is 3.95. The van der Waals surface area contributed by atoms with Crippen LogP contribution in [0.2, 0.25) is 0 Å². The first kappa shape index (κ1) is 10.4. The van der Waals surface area contributed by atoms with Crippen molar-refractivity contribution in [3.63, 3.8) is 0 Å². The lowest BCUT2D eigenvalue weighted by Crippen LogP contribution is -1.97. The van der Waals surface area contributed by atoms with Gasteiger partial charge in [0.15, 0.2) is 11.6 Å². The van der Waals surface area contributed by atoms with Crippen LogP contribution in [0.5, 0.6) is 0 Å². The third-order valence-electron chi connectivity index (χ3n) is 1.97. The molecule has 0 unspecified atom stereocenters. The third-order valence-corrected chi connectivity index (χ3v) is 1.97. The highest BCUT2D eigenvalue weighted by Crippen LogP contribution is 2.23. The number of rotatable bonds is 1. The van der Waals surface area contributed by atoms with Crippen LogP contribution in [0, 0.1) is 17.5 Å². The van der Waals surface area contributed by atoms with Gasteiger partial charge in [0.2, 0.25) is 0 Å².